The molecule has 1 aromatic carbocycles. The van der Waals surface area contributed by atoms with Gasteiger partial charge in [0.1, 0.15) is 0 Å². The van der Waals surface area contributed by atoms with Gasteiger partial charge in [-0.3, -0.25) is 20.2 Å². The molecule has 3 heterocycles. The van der Waals surface area contributed by atoms with Gasteiger partial charge in [0.15, 0.2) is 5.41 Å². The van der Waals surface area contributed by atoms with Crippen LogP contribution in [0.1, 0.15) is 31.2 Å². The first-order valence-corrected chi connectivity index (χ1v) is 8.14. The molecule has 1 aromatic rings. The first-order chi connectivity index (χ1) is 11.1. The summed E-state index contributed by atoms with van der Waals surface area (Å²) >= 11 is 0. The van der Waals surface area contributed by atoms with Crippen LogP contribution in [0.25, 0.3) is 0 Å². The summed E-state index contributed by atoms with van der Waals surface area (Å²) in [5, 5.41) is 4.64. The van der Waals surface area contributed by atoms with E-state index >= 15 is 0 Å². The average molecular weight is 313 g/mol. The number of rotatable bonds is 0. The lowest BCUT2D eigenvalue weighted by molar-refractivity contribution is -0.146. The van der Waals surface area contributed by atoms with Crippen LogP contribution in [0.4, 0.5) is 10.5 Å². The molecule has 0 aromatic heterocycles. The highest BCUT2D eigenvalue weighted by molar-refractivity contribution is 6.20. The maximum Gasteiger partial charge on any atom is 0.328 e. The van der Waals surface area contributed by atoms with Gasteiger partial charge in [0.05, 0.1) is 6.04 Å². The molecule has 6 nitrogen and oxygen atoms in total. The fourth-order valence-corrected chi connectivity index (χ4v) is 4.29. The summed E-state index contributed by atoms with van der Waals surface area (Å²) in [5.41, 5.74) is 0.889. The highest BCUT2D eigenvalue weighted by Gasteiger charge is 2.59. The Kier molecular flexibility index (Phi) is 3.14. The molecular formula is C17H19N3O3. The average Bonchev–Trinajstić information content (AvgIpc) is 2.78. The van der Waals surface area contributed by atoms with E-state index in [2.05, 4.69) is 21.6 Å². The molecule has 4 rings (SSSR count). The van der Waals surface area contributed by atoms with E-state index in [1.807, 2.05) is 18.2 Å². The number of fused-ring (bicyclic) bond motifs is 4. The molecular weight excluding hydrogens is 294 g/mol. The molecule has 6 heteroatoms. The lowest BCUT2D eigenvalue weighted by Gasteiger charge is -2.49. The number of urea groups is 1. The predicted octanol–water partition coefficient (Wildman–Crippen LogP) is 1.34. The number of hydrogen-bond donors (Lipinski definition) is 2. The summed E-state index contributed by atoms with van der Waals surface area (Å²) in [5.74, 6) is -0.921. The second-order valence-corrected chi connectivity index (χ2v) is 6.57. The molecule has 1 atom stereocenters. The number of carbonyl (C=O) groups is 3. The quantitative estimate of drug-likeness (QED) is 0.709. The van der Waals surface area contributed by atoms with Gasteiger partial charge in [-0.1, -0.05) is 31.0 Å². The molecule has 23 heavy (non-hydrogen) atoms. The minimum absolute atomic E-state index is 0.201. The number of barbiturate groups is 1. The van der Waals surface area contributed by atoms with Crippen molar-refractivity contribution in [3.8, 4) is 0 Å². The fraction of sp³-hybridized carbons (Fsp3) is 0.471. The minimum Gasteiger partial charge on any atom is -0.367 e. The number of carbonyl (C=O) groups excluding carboxylic acids is 3. The van der Waals surface area contributed by atoms with E-state index in [4.69, 9.17) is 0 Å². The van der Waals surface area contributed by atoms with Crippen LogP contribution in [0.15, 0.2) is 24.3 Å². The van der Waals surface area contributed by atoms with Crippen molar-refractivity contribution < 1.29 is 14.4 Å². The second-order valence-electron chi connectivity index (χ2n) is 6.57. The Balaban J connectivity index is 1.88. The predicted molar refractivity (Wildman–Crippen MR) is 83.9 cm³/mol. The van der Waals surface area contributed by atoms with Gasteiger partial charge in [-0.2, -0.15) is 0 Å². The number of nitrogens with zero attached hydrogens (tertiary/aromatic N) is 1. The Labute approximate surface area is 134 Å². The number of anilines is 1. The van der Waals surface area contributed by atoms with E-state index in [1.54, 1.807) is 0 Å². The van der Waals surface area contributed by atoms with Crippen molar-refractivity contribution in [3.05, 3.63) is 29.8 Å². The van der Waals surface area contributed by atoms with Gasteiger partial charge >= 0.3 is 6.03 Å². The Morgan fingerprint density at radius 1 is 1.00 bits per heavy atom. The SMILES string of the molecule is O=C1NC(=O)C2(Cc3ccccc3N3CCCCCC32)C(=O)N1. The molecule has 1 spiro atoms. The highest BCUT2D eigenvalue weighted by atomic mass is 16.2. The number of hydrogen-bond acceptors (Lipinski definition) is 4. The molecule has 3 aliphatic heterocycles. The Bertz CT molecular complexity index is 680. The van der Waals surface area contributed by atoms with Gasteiger partial charge in [-0.25, -0.2) is 4.79 Å². The van der Waals surface area contributed by atoms with Crippen molar-refractivity contribution in [3.63, 3.8) is 0 Å². The summed E-state index contributed by atoms with van der Waals surface area (Å²) < 4.78 is 0. The van der Waals surface area contributed by atoms with Crippen molar-refractivity contribution in [1.29, 1.82) is 0 Å². The molecule has 2 fully saturated rings. The normalized spacial score (nSPS) is 26.0. The van der Waals surface area contributed by atoms with Crippen molar-refractivity contribution in [2.24, 2.45) is 5.41 Å². The van der Waals surface area contributed by atoms with E-state index < -0.39 is 23.3 Å². The third kappa shape index (κ3) is 1.97. The largest absolute Gasteiger partial charge is 0.367 e. The zero-order chi connectivity index (χ0) is 16.0. The van der Waals surface area contributed by atoms with Crippen LogP contribution in [-0.4, -0.2) is 30.4 Å². The van der Waals surface area contributed by atoms with Crippen molar-refractivity contribution in [1.82, 2.24) is 10.6 Å². The lowest BCUT2D eigenvalue weighted by atomic mass is 9.68. The molecule has 3 aliphatic rings. The second kappa shape index (κ2) is 5.08. The fourth-order valence-electron chi connectivity index (χ4n) is 4.29. The molecule has 4 amide bonds. The molecule has 0 bridgehead atoms. The maximum atomic E-state index is 12.7. The first kappa shape index (κ1) is 14.2. The first-order valence-electron chi connectivity index (χ1n) is 8.14. The van der Waals surface area contributed by atoms with Gasteiger partial charge in [-0.15, -0.1) is 0 Å². The monoisotopic (exact) mass is 313 g/mol. The summed E-state index contributed by atoms with van der Waals surface area (Å²) in [7, 11) is 0. The standard InChI is InChI=1S/C17H19N3O3/c21-14-17(15(22)19-16(23)18-14)10-11-6-3-4-7-12(11)20-9-5-1-2-8-13(17)20/h3-4,6-7,13H,1-2,5,8-10H2,(H2,18,19,21,22,23). The van der Waals surface area contributed by atoms with Crippen molar-refractivity contribution in [2.45, 2.75) is 38.1 Å². The third-order valence-electron chi connectivity index (χ3n) is 5.36. The van der Waals surface area contributed by atoms with Crippen LogP contribution in [0.2, 0.25) is 0 Å². The van der Waals surface area contributed by atoms with Gasteiger partial charge in [0, 0.05) is 12.2 Å². The number of para-hydroxylation sites is 1. The molecule has 2 saturated heterocycles. The van der Waals surface area contributed by atoms with Crippen LogP contribution in [0, 0.1) is 5.41 Å². The molecule has 2 N–H and O–H groups in total. The van der Waals surface area contributed by atoms with Gasteiger partial charge in [0.25, 0.3) is 0 Å². The van der Waals surface area contributed by atoms with Crippen molar-refractivity contribution >= 4 is 23.5 Å². The summed E-state index contributed by atoms with van der Waals surface area (Å²) in [4.78, 5) is 39.2. The highest BCUT2D eigenvalue weighted by Crippen LogP contribution is 2.45. The Morgan fingerprint density at radius 2 is 1.74 bits per heavy atom. The third-order valence-corrected chi connectivity index (χ3v) is 5.36. The van der Waals surface area contributed by atoms with E-state index in [0.717, 1.165) is 43.5 Å². The van der Waals surface area contributed by atoms with Crippen molar-refractivity contribution in [2.75, 3.05) is 11.4 Å². The van der Waals surface area contributed by atoms with Gasteiger partial charge < -0.3 is 4.90 Å². The zero-order valence-electron chi connectivity index (χ0n) is 12.8. The van der Waals surface area contributed by atoms with Crippen LogP contribution >= 0.6 is 0 Å². The van der Waals surface area contributed by atoms with Crippen LogP contribution in [0.5, 0.6) is 0 Å². The van der Waals surface area contributed by atoms with E-state index in [0.29, 0.717) is 6.42 Å². The van der Waals surface area contributed by atoms with E-state index in [-0.39, 0.29) is 6.04 Å². The molecule has 1 unspecified atom stereocenters. The molecule has 0 radical (unpaired) electrons. The number of benzene rings is 1. The maximum absolute atomic E-state index is 12.7. The topological polar surface area (TPSA) is 78.5 Å². The Morgan fingerprint density at radius 3 is 2.52 bits per heavy atom. The lowest BCUT2D eigenvalue weighted by Crippen LogP contribution is -2.71. The van der Waals surface area contributed by atoms with E-state index in [9.17, 15) is 14.4 Å². The molecule has 0 saturated carbocycles. The van der Waals surface area contributed by atoms with Crippen LogP contribution < -0.4 is 15.5 Å². The smallest absolute Gasteiger partial charge is 0.328 e. The summed E-state index contributed by atoms with van der Waals surface area (Å²) in [6.07, 6.45) is 4.24. The molecule has 120 valence electrons. The minimum atomic E-state index is -1.22. The van der Waals surface area contributed by atoms with Crippen LogP contribution in [-0.2, 0) is 16.0 Å². The number of nitrogens with one attached hydrogen (secondary N) is 2. The number of imide groups is 2. The van der Waals surface area contributed by atoms with Gasteiger partial charge in [-0.05, 0) is 30.9 Å². The number of amides is 4. The van der Waals surface area contributed by atoms with Crippen LogP contribution in [0.3, 0.4) is 0 Å². The zero-order valence-corrected chi connectivity index (χ0v) is 12.8. The van der Waals surface area contributed by atoms with Gasteiger partial charge in [0.2, 0.25) is 11.8 Å². The molecule has 0 aliphatic carbocycles. The Hall–Kier alpha value is -2.37. The van der Waals surface area contributed by atoms with E-state index in [1.165, 1.54) is 0 Å². The summed E-state index contributed by atoms with van der Waals surface area (Å²) in [6, 6.07) is 7.02. The summed E-state index contributed by atoms with van der Waals surface area (Å²) in [6.45, 7) is 0.831.